The first-order valence-corrected chi connectivity index (χ1v) is 6.56. The highest BCUT2D eigenvalue weighted by molar-refractivity contribution is 5.51. The molecule has 2 rings (SSSR count). The summed E-state index contributed by atoms with van der Waals surface area (Å²) in [6.07, 6.45) is 0. The largest absolute Gasteiger partial charge is 0.457 e. The van der Waals surface area contributed by atoms with E-state index in [0.717, 1.165) is 11.1 Å². The molecule has 0 radical (unpaired) electrons. The van der Waals surface area contributed by atoms with Crippen molar-refractivity contribution in [3.63, 3.8) is 0 Å². The number of nitro benzene ring substituents is 1. The Balaban J connectivity index is 2.36. The number of benzene rings is 2. The van der Waals surface area contributed by atoms with Crippen LogP contribution in [0.2, 0.25) is 0 Å². The van der Waals surface area contributed by atoms with Crippen molar-refractivity contribution in [2.75, 3.05) is 0 Å². The van der Waals surface area contributed by atoms with Crippen LogP contribution >= 0.6 is 0 Å². The van der Waals surface area contributed by atoms with Crippen LogP contribution in [0.15, 0.2) is 30.3 Å². The monoisotopic (exact) mass is 287 g/mol. The van der Waals surface area contributed by atoms with Crippen LogP contribution in [-0.4, -0.2) is 10.0 Å². The zero-order valence-electron chi connectivity index (χ0n) is 12.2. The van der Waals surface area contributed by atoms with Crippen molar-refractivity contribution in [3.05, 3.63) is 62.7 Å². The highest BCUT2D eigenvalue weighted by atomic mass is 16.6. The van der Waals surface area contributed by atoms with Crippen molar-refractivity contribution in [1.82, 2.24) is 0 Å². The van der Waals surface area contributed by atoms with Crippen LogP contribution in [0.1, 0.15) is 22.3 Å². The van der Waals surface area contributed by atoms with Gasteiger partial charge in [-0.1, -0.05) is 12.1 Å². The second kappa shape index (κ2) is 5.93. The lowest BCUT2D eigenvalue weighted by Crippen LogP contribution is -1.96. The molecule has 5 heteroatoms. The number of aliphatic hydroxyl groups is 1. The number of rotatable bonds is 4. The topological polar surface area (TPSA) is 72.6 Å². The third-order valence-corrected chi connectivity index (χ3v) is 3.33. The van der Waals surface area contributed by atoms with E-state index in [4.69, 9.17) is 9.84 Å². The Hall–Kier alpha value is -2.40. The number of nitrogens with zero attached hydrogens (tertiary/aromatic N) is 1. The first kappa shape index (κ1) is 15.0. The molecule has 0 fully saturated rings. The minimum atomic E-state index is -0.395. The molecule has 0 aliphatic carbocycles. The maximum Gasteiger partial charge on any atom is 0.272 e. The van der Waals surface area contributed by atoms with Gasteiger partial charge in [0.05, 0.1) is 11.5 Å². The molecule has 0 unspecified atom stereocenters. The third-order valence-electron chi connectivity index (χ3n) is 3.33. The number of aliphatic hydroxyl groups excluding tert-OH is 1. The molecule has 5 nitrogen and oxygen atoms in total. The molecule has 110 valence electrons. The van der Waals surface area contributed by atoms with Crippen LogP contribution in [-0.2, 0) is 6.61 Å². The number of hydrogen-bond donors (Lipinski definition) is 1. The summed E-state index contributed by atoms with van der Waals surface area (Å²) in [6, 6.07) is 8.62. The van der Waals surface area contributed by atoms with Crippen molar-refractivity contribution >= 4 is 5.69 Å². The average Bonchev–Trinajstić information content (AvgIpc) is 2.44. The van der Waals surface area contributed by atoms with Gasteiger partial charge in [-0.25, -0.2) is 0 Å². The van der Waals surface area contributed by atoms with Gasteiger partial charge in [0, 0.05) is 11.6 Å². The van der Waals surface area contributed by atoms with E-state index in [1.54, 1.807) is 32.0 Å². The van der Waals surface area contributed by atoms with Crippen molar-refractivity contribution in [2.24, 2.45) is 0 Å². The summed E-state index contributed by atoms with van der Waals surface area (Å²) in [5, 5.41) is 20.0. The first-order valence-electron chi connectivity index (χ1n) is 6.56. The number of ether oxygens (including phenoxy) is 1. The van der Waals surface area contributed by atoms with E-state index < -0.39 is 4.92 Å². The molecule has 0 aliphatic rings. The molecular formula is C16H17NO4. The van der Waals surface area contributed by atoms with Gasteiger partial charge in [-0.15, -0.1) is 0 Å². The fourth-order valence-electron chi connectivity index (χ4n) is 2.12. The third kappa shape index (κ3) is 3.20. The molecule has 0 aromatic heterocycles. The summed E-state index contributed by atoms with van der Waals surface area (Å²) < 4.78 is 5.85. The first-order chi connectivity index (χ1) is 9.92. The minimum Gasteiger partial charge on any atom is -0.457 e. The second-order valence-corrected chi connectivity index (χ2v) is 5.02. The van der Waals surface area contributed by atoms with E-state index in [2.05, 4.69) is 0 Å². The molecule has 0 spiro atoms. The molecule has 0 bridgehead atoms. The smallest absolute Gasteiger partial charge is 0.272 e. The Kier molecular flexibility index (Phi) is 4.23. The maximum atomic E-state index is 10.9. The zero-order valence-corrected chi connectivity index (χ0v) is 12.2. The summed E-state index contributed by atoms with van der Waals surface area (Å²) in [4.78, 5) is 10.5. The fraction of sp³-hybridized carbons (Fsp3) is 0.250. The zero-order chi connectivity index (χ0) is 15.6. The number of hydrogen-bond acceptors (Lipinski definition) is 4. The summed E-state index contributed by atoms with van der Waals surface area (Å²) in [7, 11) is 0. The Morgan fingerprint density at radius 3 is 2.29 bits per heavy atom. The van der Waals surface area contributed by atoms with E-state index in [1.165, 1.54) is 6.07 Å². The molecule has 0 saturated carbocycles. The quantitative estimate of drug-likeness (QED) is 0.685. The van der Waals surface area contributed by atoms with Crippen LogP contribution in [0.25, 0.3) is 0 Å². The molecule has 0 heterocycles. The van der Waals surface area contributed by atoms with Gasteiger partial charge < -0.3 is 9.84 Å². The average molecular weight is 287 g/mol. The van der Waals surface area contributed by atoms with Gasteiger partial charge in [0.1, 0.15) is 11.5 Å². The summed E-state index contributed by atoms with van der Waals surface area (Å²) in [5.74, 6) is 1.27. The predicted octanol–water partition coefficient (Wildman–Crippen LogP) is 3.80. The molecule has 2 aromatic rings. The van der Waals surface area contributed by atoms with Crippen LogP contribution in [0.5, 0.6) is 11.5 Å². The SMILES string of the molecule is Cc1cc(CO)ccc1Oc1cc(C)c([N+](=O)[O-])cc1C. The highest BCUT2D eigenvalue weighted by Crippen LogP contribution is 2.32. The molecule has 0 amide bonds. The van der Waals surface area contributed by atoms with Gasteiger partial charge in [-0.2, -0.15) is 0 Å². The number of nitro groups is 1. The Morgan fingerprint density at radius 2 is 1.71 bits per heavy atom. The normalized spacial score (nSPS) is 10.5. The van der Waals surface area contributed by atoms with Crippen molar-refractivity contribution in [1.29, 1.82) is 0 Å². The van der Waals surface area contributed by atoms with E-state index in [-0.39, 0.29) is 12.3 Å². The minimum absolute atomic E-state index is 0.0171. The summed E-state index contributed by atoms with van der Waals surface area (Å²) >= 11 is 0. The van der Waals surface area contributed by atoms with Gasteiger partial charge >= 0.3 is 0 Å². The van der Waals surface area contributed by atoms with Crippen LogP contribution in [0.4, 0.5) is 5.69 Å². The lowest BCUT2D eigenvalue weighted by atomic mass is 10.1. The molecule has 2 aromatic carbocycles. The fourth-order valence-corrected chi connectivity index (χ4v) is 2.12. The molecule has 0 aliphatic heterocycles. The molecule has 0 atom stereocenters. The summed E-state index contributed by atoms with van der Waals surface area (Å²) in [5.41, 5.74) is 3.07. The van der Waals surface area contributed by atoms with Gasteiger partial charge in [-0.05, 0) is 49.6 Å². The van der Waals surface area contributed by atoms with Crippen molar-refractivity contribution < 1.29 is 14.8 Å². The molecular weight excluding hydrogens is 270 g/mol. The predicted molar refractivity (Wildman–Crippen MR) is 79.7 cm³/mol. The molecule has 21 heavy (non-hydrogen) atoms. The van der Waals surface area contributed by atoms with Crippen LogP contribution in [0.3, 0.4) is 0 Å². The van der Waals surface area contributed by atoms with Gasteiger partial charge in [-0.3, -0.25) is 10.1 Å². The Bertz CT molecular complexity index is 695. The summed E-state index contributed by atoms with van der Waals surface area (Å²) in [6.45, 7) is 5.34. The highest BCUT2D eigenvalue weighted by Gasteiger charge is 2.15. The van der Waals surface area contributed by atoms with Crippen LogP contribution in [0, 0.1) is 30.9 Å². The van der Waals surface area contributed by atoms with Crippen molar-refractivity contribution in [2.45, 2.75) is 27.4 Å². The van der Waals surface area contributed by atoms with Crippen molar-refractivity contribution in [3.8, 4) is 11.5 Å². The van der Waals surface area contributed by atoms with Gasteiger partial charge in [0.15, 0.2) is 0 Å². The second-order valence-electron chi connectivity index (χ2n) is 5.02. The standard InChI is InChI=1S/C16H17NO4/c1-10-8-16(12(3)7-14(10)17(19)20)21-15-5-4-13(9-18)6-11(15)2/h4-8,18H,9H2,1-3H3. The van der Waals surface area contributed by atoms with Gasteiger partial charge in [0.25, 0.3) is 5.69 Å². The maximum absolute atomic E-state index is 10.9. The van der Waals surface area contributed by atoms with E-state index in [0.29, 0.717) is 22.6 Å². The Morgan fingerprint density at radius 1 is 1.05 bits per heavy atom. The molecule has 0 saturated heterocycles. The van der Waals surface area contributed by atoms with Crippen LogP contribution < -0.4 is 4.74 Å². The lowest BCUT2D eigenvalue weighted by Gasteiger charge is -2.12. The van der Waals surface area contributed by atoms with E-state index in [1.807, 2.05) is 13.0 Å². The van der Waals surface area contributed by atoms with E-state index >= 15 is 0 Å². The van der Waals surface area contributed by atoms with E-state index in [9.17, 15) is 10.1 Å². The lowest BCUT2D eigenvalue weighted by molar-refractivity contribution is -0.385. The van der Waals surface area contributed by atoms with Gasteiger partial charge in [0.2, 0.25) is 0 Å². The Labute approximate surface area is 123 Å². The molecule has 1 N–H and O–H groups in total. The number of aryl methyl sites for hydroxylation is 3.